The second-order valence-corrected chi connectivity index (χ2v) is 10.8. The zero-order chi connectivity index (χ0) is 20.8. The van der Waals surface area contributed by atoms with Crippen molar-refractivity contribution < 1.29 is 22.9 Å². The van der Waals surface area contributed by atoms with Gasteiger partial charge in [0.1, 0.15) is 0 Å². The lowest BCUT2D eigenvalue weighted by Crippen LogP contribution is -3.16. The van der Waals surface area contributed by atoms with E-state index in [1.54, 1.807) is 6.07 Å². The molecule has 29 heavy (non-hydrogen) atoms. The van der Waals surface area contributed by atoms with E-state index in [1.807, 2.05) is 26.0 Å². The number of benzene rings is 1. The summed E-state index contributed by atoms with van der Waals surface area (Å²) in [7, 11) is -3.53. The van der Waals surface area contributed by atoms with E-state index < -0.39 is 15.4 Å². The first-order chi connectivity index (χ1) is 13.7. The molecular weight excluding hydrogens is 390 g/mol. The third-order valence-corrected chi connectivity index (χ3v) is 8.87. The summed E-state index contributed by atoms with van der Waals surface area (Å²) in [6, 6.07) is 5.39. The van der Waals surface area contributed by atoms with Crippen molar-refractivity contribution in [1.82, 2.24) is 9.21 Å². The predicted molar refractivity (Wildman–Crippen MR) is 108 cm³/mol. The average molecular weight is 421 g/mol. The summed E-state index contributed by atoms with van der Waals surface area (Å²) in [5, 5.41) is 0. The quantitative estimate of drug-likeness (QED) is 0.719. The van der Waals surface area contributed by atoms with Crippen molar-refractivity contribution in [3.8, 4) is 0 Å². The van der Waals surface area contributed by atoms with E-state index in [4.69, 9.17) is 0 Å². The zero-order valence-corrected chi connectivity index (χ0v) is 18.1. The molecule has 2 amide bonds. The van der Waals surface area contributed by atoms with Gasteiger partial charge in [-0.3, -0.25) is 9.59 Å². The van der Waals surface area contributed by atoms with Crippen LogP contribution in [0.3, 0.4) is 0 Å². The Bertz CT molecular complexity index is 929. The number of sulfonamides is 1. The van der Waals surface area contributed by atoms with Crippen LogP contribution >= 0.6 is 0 Å². The fourth-order valence-electron chi connectivity index (χ4n) is 5.11. The van der Waals surface area contributed by atoms with E-state index in [0.29, 0.717) is 44.2 Å². The summed E-state index contributed by atoms with van der Waals surface area (Å²) >= 11 is 0. The second-order valence-electron chi connectivity index (χ2n) is 8.87. The van der Waals surface area contributed by atoms with Crippen molar-refractivity contribution in [3.63, 3.8) is 0 Å². The molecule has 1 spiro atoms. The minimum atomic E-state index is -3.53. The van der Waals surface area contributed by atoms with Gasteiger partial charge < -0.3 is 4.90 Å². The molecule has 2 saturated heterocycles. The predicted octanol–water partition coefficient (Wildman–Crippen LogP) is 0.469. The Kier molecular flexibility index (Phi) is 5.29. The third-order valence-electron chi connectivity index (χ3n) is 6.81. The molecule has 1 N–H and O–H groups in total. The van der Waals surface area contributed by atoms with Gasteiger partial charge in [-0.15, -0.1) is 0 Å². The van der Waals surface area contributed by atoms with Crippen molar-refractivity contribution in [1.29, 1.82) is 0 Å². The van der Waals surface area contributed by atoms with Crippen molar-refractivity contribution in [3.05, 3.63) is 29.3 Å². The van der Waals surface area contributed by atoms with Crippen LogP contribution in [0, 0.1) is 19.3 Å². The summed E-state index contributed by atoms with van der Waals surface area (Å²) in [5.74, 6) is -0.0624. The average Bonchev–Trinajstić information content (AvgIpc) is 3.23. The lowest BCUT2D eigenvalue weighted by molar-refractivity contribution is -0.910. The van der Waals surface area contributed by atoms with Crippen molar-refractivity contribution in [2.45, 2.75) is 50.8 Å². The van der Waals surface area contributed by atoms with Crippen LogP contribution in [-0.4, -0.2) is 62.3 Å². The van der Waals surface area contributed by atoms with E-state index in [0.717, 1.165) is 41.7 Å². The SMILES string of the molecule is Cc1ccc(S(=O)(=O)N2CC[NH+](CN3C(=O)CC4(CCCC4)C3=O)CC2)c(C)c1. The topological polar surface area (TPSA) is 79.2 Å². The number of quaternary nitrogens is 1. The first kappa shape index (κ1) is 20.5. The fraction of sp³-hybridized carbons (Fsp3) is 0.619. The van der Waals surface area contributed by atoms with Crippen LogP contribution in [0.2, 0.25) is 0 Å². The number of nitrogens with zero attached hydrogens (tertiary/aromatic N) is 2. The molecule has 1 aromatic carbocycles. The molecule has 2 aliphatic heterocycles. The van der Waals surface area contributed by atoms with Gasteiger partial charge in [-0.25, -0.2) is 13.3 Å². The van der Waals surface area contributed by atoms with E-state index in [9.17, 15) is 18.0 Å². The molecule has 0 atom stereocenters. The Hall–Kier alpha value is -1.77. The molecule has 0 bridgehead atoms. The number of hydrogen-bond acceptors (Lipinski definition) is 4. The highest BCUT2D eigenvalue weighted by Gasteiger charge is 2.53. The maximum Gasteiger partial charge on any atom is 0.243 e. The number of carbonyl (C=O) groups is 2. The number of nitrogens with one attached hydrogen (secondary N) is 1. The monoisotopic (exact) mass is 420 g/mol. The van der Waals surface area contributed by atoms with Gasteiger partial charge in [-0.05, 0) is 38.3 Å². The summed E-state index contributed by atoms with van der Waals surface area (Å²) in [5.41, 5.74) is 1.36. The summed E-state index contributed by atoms with van der Waals surface area (Å²) < 4.78 is 27.6. The van der Waals surface area contributed by atoms with Crippen molar-refractivity contribution in [2.24, 2.45) is 5.41 Å². The Morgan fingerprint density at radius 3 is 2.34 bits per heavy atom. The summed E-state index contributed by atoms with van der Waals surface area (Å²) in [6.45, 7) is 6.10. The molecule has 3 aliphatic rings. The Balaban J connectivity index is 1.40. The Labute approximate surface area is 172 Å². The maximum atomic E-state index is 13.0. The second kappa shape index (κ2) is 7.49. The number of amides is 2. The molecule has 0 unspecified atom stereocenters. The maximum absolute atomic E-state index is 13.0. The third kappa shape index (κ3) is 3.62. The number of likely N-dealkylation sites (tertiary alicyclic amines) is 1. The lowest BCUT2D eigenvalue weighted by Gasteiger charge is -2.33. The van der Waals surface area contributed by atoms with Gasteiger partial charge in [0, 0.05) is 6.42 Å². The fourth-order valence-corrected chi connectivity index (χ4v) is 6.76. The van der Waals surface area contributed by atoms with Crippen molar-refractivity contribution in [2.75, 3.05) is 32.8 Å². The van der Waals surface area contributed by atoms with Crippen LogP contribution in [0.5, 0.6) is 0 Å². The van der Waals surface area contributed by atoms with E-state index in [1.165, 1.54) is 9.21 Å². The van der Waals surface area contributed by atoms with Crippen LogP contribution in [0.15, 0.2) is 23.1 Å². The van der Waals surface area contributed by atoms with Crippen LogP contribution in [0.4, 0.5) is 0 Å². The Morgan fingerprint density at radius 2 is 1.72 bits per heavy atom. The molecule has 1 aliphatic carbocycles. The van der Waals surface area contributed by atoms with Gasteiger partial charge >= 0.3 is 0 Å². The molecule has 3 fully saturated rings. The highest BCUT2D eigenvalue weighted by Crippen LogP contribution is 2.46. The molecule has 2 heterocycles. The molecule has 8 heteroatoms. The first-order valence-electron chi connectivity index (χ1n) is 10.5. The highest BCUT2D eigenvalue weighted by atomic mass is 32.2. The number of imide groups is 1. The van der Waals surface area contributed by atoms with Gasteiger partial charge in [0.2, 0.25) is 21.8 Å². The molecule has 1 aromatic rings. The molecule has 158 valence electrons. The normalized spacial score (nSPS) is 23.4. The van der Waals surface area contributed by atoms with Gasteiger partial charge in [0.15, 0.2) is 6.67 Å². The number of rotatable bonds is 4. The summed E-state index contributed by atoms with van der Waals surface area (Å²) in [6.07, 6.45) is 4.05. The van der Waals surface area contributed by atoms with Crippen LogP contribution < -0.4 is 4.90 Å². The number of piperazine rings is 1. The number of carbonyl (C=O) groups excluding carboxylic acids is 2. The van der Waals surface area contributed by atoms with Gasteiger partial charge in [-0.2, -0.15) is 4.31 Å². The zero-order valence-electron chi connectivity index (χ0n) is 17.2. The Morgan fingerprint density at radius 1 is 1.07 bits per heavy atom. The molecule has 0 aromatic heterocycles. The largest absolute Gasteiger partial charge is 0.315 e. The lowest BCUT2D eigenvalue weighted by atomic mass is 9.85. The van der Waals surface area contributed by atoms with Gasteiger partial charge in [0.25, 0.3) is 0 Å². The first-order valence-corrected chi connectivity index (χ1v) is 11.9. The minimum absolute atomic E-state index is 0.00201. The van der Waals surface area contributed by atoms with Gasteiger partial charge in [-0.1, -0.05) is 30.5 Å². The van der Waals surface area contributed by atoms with Crippen LogP contribution in [0.25, 0.3) is 0 Å². The smallest absolute Gasteiger partial charge is 0.243 e. The van der Waals surface area contributed by atoms with Crippen molar-refractivity contribution >= 4 is 21.8 Å². The number of aryl methyl sites for hydroxylation is 2. The molecule has 1 saturated carbocycles. The van der Waals surface area contributed by atoms with E-state index in [-0.39, 0.29) is 11.8 Å². The molecule has 0 radical (unpaired) electrons. The summed E-state index contributed by atoms with van der Waals surface area (Å²) in [4.78, 5) is 28.2. The molecular formula is C21H30N3O4S+. The number of hydrogen-bond donors (Lipinski definition) is 1. The van der Waals surface area contributed by atoms with Crippen LogP contribution in [0.1, 0.15) is 43.2 Å². The molecule has 7 nitrogen and oxygen atoms in total. The molecule has 4 rings (SSSR count). The standard InChI is InChI=1S/C21H29N3O4S/c1-16-5-6-18(17(2)13-16)29(27,28)23-11-9-22(10-12-23)15-24-19(25)14-21(20(24)26)7-3-4-8-21/h5-6,13H,3-4,7-12,14-15H2,1-2H3/p+1. The van der Waals surface area contributed by atoms with E-state index >= 15 is 0 Å². The van der Waals surface area contributed by atoms with E-state index in [2.05, 4.69) is 0 Å². The van der Waals surface area contributed by atoms with Gasteiger partial charge in [0.05, 0.1) is 36.5 Å². The van der Waals surface area contributed by atoms with Crippen LogP contribution in [-0.2, 0) is 19.6 Å². The highest BCUT2D eigenvalue weighted by molar-refractivity contribution is 7.89. The minimum Gasteiger partial charge on any atom is -0.315 e.